The minimum absolute atomic E-state index is 0.0138. The van der Waals surface area contributed by atoms with Crippen molar-refractivity contribution in [1.82, 2.24) is 9.80 Å². The molecule has 0 aliphatic heterocycles. The summed E-state index contributed by atoms with van der Waals surface area (Å²) in [5.41, 5.74) is 4.44. The van der Waals surface area contributed by atoms with Gasteiger partial charge < -0.3 is 15.1 Å². The third-order valence-corrected chi connectivity index (χ3v) is 9.01. The van der Waals surface area contributed by atoms with Crippen LogP contribution in [0.3, 0.4) is 0 Å². The van der Waals surface area contributed by atoms with Crippen LogP contribution in [-0.2, 0) is 21.2 Å². The molecule has 0 spiro atoms. The Labute approximate surface area is 241 Å². The number of fused-ring (bicyclic) bond motifs is 2. The standard InChI is InChI=1S/C32H34N4O4S/c1-21-9-5-6-10-24(21)32(38)33-28-16-18-30(26-12-8-7-11-25(26)28)41(39,40)34-23-15-13-22-14-17-29(27(22)19-23)36(4)31(37)20-35(2)3/h5-13,15-16,18-19,29,34H,14,17,20H2,1-4H3,(H,33,38). The van der Waals surface area contributed by atoms with Crippen LogP contribution in [0.15, 0.2) is 83.8 Å². The zero-order valence-corrected chi connectivity index (χ0v) is 24.5. The second-order valence-electron chi connectivity index (χ2n) is 10.7. The van der Waals surface area contributed by atoms with Crippen LogP contribution in [0.1, 0.15) is 39.5 Å². The minimum atomic E-state index is -3.98. The number of aryl methyl sites for hydroxylation is 2. The number of amides is 2. The number of sulfonamides is 1. The van der Waals surface area contributed by atoms with Crippen LogP contribution in [0.2, 0.25) is 0 Å². The molecule has 212 valence electrons. The van der Waals surface area contributed by atoms with Crippen LogP contribution in [0.5, 0.6) is 0 Å². The van der Waals surface area contributed by atoms with Crippen LogP contribution in [0.25, 0.3) is 10.8 Å². The van der Waals surface area contributed by atoms with Gasteiger partial charge in [-0.1, -0.05) is 48.5 Å². The first-order valence-corrected chi connectivity index (χ1v) is 15.0. The number of hydrogen-bond acceptors (Lipinski definition) is 5. The molecule has 2 N–H and O–H groups in total. The maximum absolute atomic E-state index is 13.7. The molecule has 0 fully saturated rings. The Morgan fingerprint density at radius 1 is 0.902 bits per heavy atom. The zero-order chi connectivity index (χ0) is 29.3. The van der Waals surface area contributed by atoms with E-state index in [1.807, 2.05) is 62.3 Å². The Bertz CT molecular complexity index is 1750. The van der Waals surface area contributed by atoms with Crippen molar-refractivity contribution in [3.63, 3.8) is 0 Å². The van der Waals surface area contributed by atoms with E-state index >= 15 is 0 Å². The average Bonchev–Trinajstić information content (AvgIpc) is 3.35. The Morgan fingerprint density at radius 3 is 2.34 bits per heavy atom. The summed E-state index contributed by atoms with van der Waals surface area (Å²) in [6, 6.07) is 23.0. The van der Waals surface area contributed by atoms with Gasteiger partial charge in [0.25, 0.3) is 15.9 Å². The van der Waals surface area contributed by atoms with Gasteiger partial charge in [-0.05, 0) is 80.9 Å². The maximum Gasteiger partial charge on any atom is 0.262 e. The lowest BCUT2D eigenvalue weighted by Crippen LogP contribution is -2.37. The number of likely N-dealkylation sites (N-methyl/N-ethyl adjacent to an activating group) is 2. The quantitative estimate of drug-likeness (QED) is 0.303. The van der Waals surface area contributed by atoms with E-state index in [1.165, 1.54) is 6.07 Å². The summed E-state index contributed by atoms with van der Waals surface area (Å²) in [6.07, 6.45) is 1.62. The Hall–Kier alpha value is -4.21. The van der Waals surface area contributed by atoms with Gasteiger partial charge in [-0.3, -0.25) is 14.3 Å². The number of carbonyl (C=O) groups excluding carboxylic acids is 2. The summed E-state index contributed by atoms with van der Waals surface area (Å²) in [5.74, 6) is -0.247. The Morgan fingerprint density at radius 2 is 1.61 bits per heavy atom. The smallest absolute Gasteiger partial charge is 0.262 e. The first-order chi connectivity index (χ1) is 19.5. The molecule has 2 amide bonds. The van der Waals surface area contributed by atoms with E-state index in [-0.39, 0.29) is 22.8 Å². The van der Waals surface area contributed by atoms with Crippen molar-refractivity contribution in [3.8, 4) is 0 Å². The third kappa shape index (κ3) is 5.82. The maximum atomic E-state index is 13.7. The molecule has 5 rings (SSSR count). The first kappa shape index (κ1) is 28.3. The minimum Gasteiger partial charge on any atom is -0.338 e. The van der Waals surface area contributed by atoms with Gasteiger partial charge >= 0.3 is 0 Å². The van der Waals surface area contributed by atoms with Gasteiger partial charge in [0, 0.05) is 34.8 Å². The Kier molecular flexibility index (Phi) is 7.84. The molecule has 0 heterocycles. The van der Waals surface area contributed by atoms with Crippen molar-refractivity contribution in [2.24, 2.45) is 0 Å². The predicted molar refractivity (Wildman–Crippen MR) is 163 cm³/mol. The van der Waals surface area contributed by atoms with E-state index in [4.69, 9.17) is 0 Å². The van der Waals surface area contributed by atoms with Crippen LogP contribution in [-0.4, -0.2) is 57.7 Å². The summed E-state index contributed by atoms with van der Waals surface area (Å²) < 4.78 is 30.1. The largest absolute Gasteiger partial charge is 0.338 e. The van der Waals surface area contributed by atoms with E-state index in [0.717, 1.165) is 29.5 Å². The second kappa shape index (κ2) is 11.3. The monoisotopic (exact) mass is 570 g/mol. The van der Waals surface area contributed by atoms with Crippen molar-refractivity contribution in [1.29, 1.82) is 0 Å². The summed E-state index contributed by atoms with van der Waals surface area (Å²) in [4.78, 5) is 29.4. The molecule has 1 unspecified atom stereocenters. The number of rotatable bonds is 8. The fraction of sp³-hybridized carbons (Fsp3) is 0.250. The normalized spacial score (nSPS) is 14.6. The lowest BCUT2D eigenvalue weighted by Gasteiger charge is -2.27. The molecule has 0 saturated carbocycles. The Balaban J connectivity index is 1.43. The van der Waals surface area contributed by atoms with Crippen LogP contribution >= 0.6 is 0 Å². The molecule has 9 heteroatoms. The number of carbonyl (C=O) groups is 2. The van der Waals surface area contributed by atoms with E-state index in [2.05, 4.69) is 10.0 Å². The molecule has 8 nitrogen and oxygen atoms in total. The molecule has 0 bridgehead atoms. The van der Waals surface area contributed by atoms with Crippen molar-refractivity contribution in [2.45, 2.75) is 30.7 Å². The molecular formula is C32H34N4O4S. The fourth-order valence-corrected chi connectivity index (χ4v) is 6.71. The van der Waals surface area contributed by atoms with E-state index in [1.54, 1.807) is 48.3 Å². The summed E-state index contributed by atoms with van der Waals surface area (Å²) in [7, 11) is 1.53. The average molecular weight is 571 g/mol. The highest BCUT2D eigenvalue weighted by Gasteiger charge is 2.30. The van der Waals surface area contributed by atoms with Gasteiger partial charge in [0.15, 0.2) is 0 Å². The van der Waals surface area contributed by atoms with Gasteiger partial charge in [-0.2, -0.15) is 0 Å². The second-order valence-corrected chi connectivity index (χ2v) is 12.4. The molecule has 1 aliphatic rings. The van der Waals surface area contributed by atoms with Crippen LogP contribution in [0.4, 0.5) is 11.4 Å². The van der Waals surface area contributed by atoms with Crippen LogP contribution < -0.4 is 10.0 Å². The van der Waals surface area contributed by atoms with E-state index in [9.17, 15) is 18.0 Å². The highest BCUT2D eigenvalue weighted by atomic mass is 32.2. The molecule has 1 aliphatic carbocycles. The third-order valence-electron chi connectivity index (χ3n) is 7.57. The van der Waals surface area contributed by atoms with E-state index < -0.39 is 10.0 Å². The molecule has 0 aromatic heterocycles. The SMILES string of the molecule is Cc1ccccc1C(=O)Nc1ccc(S(=O)(=O)Nc2ccc3c(c2)C(N(C)C(=O)CN(C)C)CC3)c2ccccc12. The summed E-state index contributed by atoms with van der Waals surface area (Å²) in [6.45, 7) is 2.18. The zero-order valence-electron chi connectivity index (χ0n) is 23.6. The van der Waals surface area contributed by atoms with Gasteiger partial charge in [0.1, 0.15) is 0 Å². The summed E-state index contributed by atoms with van der Waals surface area (Å²) >= 11 is 0. The molecule has 0 radical (unpaired) electrons. The van der Waals surface area contributed by atoms with Gasteiger partial charge in [0.05, 0.1) is 17.5 Å². The number of anilines is 2. The highest BCUT2D eigenvalue weighted by Crippen LogP contribution is 2.38. The molecule has 1 atom stereocenters. The van der Waals surface area contributed by atoms with Crippen molar-refractivity contribution in [2.75, 3.05) is 37.7 Å². The topological polar surface area (TPSA) is 98.8 Å². The van der Waals surface area contributed by atoms with Crippen molar-refractivity contribution in [3.05, 3.63) is 101 Å². The first-order valence-electron chi connectivity index (χ1n) is 13.5. The van der Waals surface area contributed by atoms with E-state index in [0.29, 0.717) is 34.3 Å². The number of hydrogen-bond donors (Lipinski definition) is 2. The van der Waals surface area contributed by atoms with Crippen LogP contribution in [0, 0.1) is 6.92 Å². The van der Waals surface area contributed by atoms with Gasteiger partial charge in [-0.15, -0.1) is 0 Å². The number of nitrogens with one attached hydrogen (secondary N) is 2. The summed E-state index contributed by atoms with van der Waals surface area (Å²) in [5, 5.41) is 4.06. The predicted octanol–water partition coefficient (Wildman–Crippen LogP) is 5.21. The molecular weight excluding hydrogens is 536 g/mol. The number of benzene rings is 4. The fourth-order valence-electron chi connectivity index (χ4n) is 5.44. The van der Waals surface area contributed by atoms with Gasteiger partial charge in [-0.25, -0.2) is 8.42 Å². The molecule has 4 aromatic carbocycles. The van der Waals surface area contributed by atoms with Crippen molar-refractivity contribution < 1.29 is 18.0 Å². The number of nitrogens with zero attached hydrogens (tertiary/aromatic N) is 2. The molecule has 41 heavy (non-hydrogen) atoms. The molecule has 4 aromatic rings. The molecule has 0 saturated heterocycles. The van der Waals surface area contributed by atoms with Gasteiger partial charge in [0.2, 0.25) is 5.91 Å². The van der Waals surface area contributed by atoms with Crippen molar-refractivity contribution >= 4 is 44.0 Å². The lowest BCUT2D eigenvalue weighted by molar-refractivity contribution is -0.132. The highest BCUT2D eigenvalue weighted by molar-refractivity contribution is 7.93. The lowest BCUT2D eigenvalue weighted by atomic mass is 10.1.